The molecule has 1 amide bonds. The SMILES string of the molecule is Nc1nc(-c2ccccc2)c(C(=O)NCc2ccccc2F)s1. The van der Waals surface area contributed by atoms with Crippen LogP contribution in [0.5, 0.6) is 0 Å². The molecule has 0 fully saturated rings. The number of nitrogens with one attached hydrogen (secondary N) is 1. The largest absolute Gasteiger partial charge is 0.375 e. The molecule has 0 radical (unpaired) electrons. The number of thiazole rings is 1. The molecule has 1 heterocycles. The molecule has 0 bridgehead atoms. The summed E-state index contributed by atoms with van der Waals surface area (Å²) in [5, 5.41) is 3.03. The minimum atomic E-state index is -0.347. The fraction of sp³-hybridized carbons (Fsp3) is 0.0588. The van der Waals surface area contributed by atoms with Crippen molar-refractivity contribution in [1.29, 1.82) is 0 Å². The summed E-state index contributed by atoms with van der Waals surface area (Å²) >= 11 is 1.12. The lowest BCUT2D eigenvalue weighted by molar-refractivity contribution is 0.0955. The molecule has 0 aliphatic rings. The molecule has 0 spiro atoms. The third-order valence-corrected chi connectivity index (χ3v) is 4.18. The summed E-state index contributed by atoms with van der Waals surface area (Å²) in [7, 11) is 0. The van der Waals surface area contributed by atoms with Gasteiger partial charge in [-0.05, 0) is 6.07 Å². The lowest BCUT2D eigenvalue weighted by Crippen LogP contribution is -2.23. The number of hydrogen-bond donors (Lipinski definition) is 2. The van der Waals surface area contributed by atoms with Gasteiger partial charge in [0, 0.05) is 17.7 Å². The van der Waals surface area contributed by atoms with Crippen molar-refractivity contribution < 1.29 is 9.18 Å². The van der Waals surface area contributed by atoms with E-state index in [-0.39, 0.29) is 18.3 Å². The Bertz CT molecular complexity index is 833. The van der Waals surface area contributed by atoms with Gasteiger partial charge in [-0.2, -0.15) is 0 Å². The van der Waals surface area contributed by atoms with Crippen molar-refractivity contribution in [2.75, 3.05) is 5.73 Å². The molecule has 0 saturated carbocycles. The summed E-state index contributed by atoms with van der Waals surface area (Å²) in [6.07, 6.45) is 0. The monoisotopic (exact) mass is 327 g/mol. The molecule has 116 valence electrons. The predicted octanol–water partition coefficient (Wildman–Crippen LogP) is 3.46. The molecule has 2 aromatic carbocycles. The first-order valence-electron chi connectivity index (χ1n) is 6.98. The van der Waals surface area contributed by atoms with Crippen molar-refractivity contribution in [3.8, 4) is 11.3 Å². The first-order chi connectivity index (χ1) is 11.1. The van der Waals surface area contributed by atoms with Crippen LogP contribution in [0.3, 0.4) is 0 Å². The number of amides is 1. The Labute approximate surface area is 136 Å². The zero-order valence-corrected chi connectivity index (χ0v) is 12.9. The van der Waals surface area contributed by atoms with Crippen LogP contribution in [0.15, 0.2) is 54.6 Å². The Hall–Kier alpha value is -2.73. The van der Waals surface area contributed by atoms with Crippen LogP contribution in [0.25, 0.3) is 11.3 Å². The first-order valence-corrected chi connectivity index (χ1v) is 7.80. The predicted molar refractivity (Wildman–Crippen MR) is 89.5 cm³/mol. The van der Waals surface area contributed by atoms with Gasteiger partial charge in [-0.1, -0.05) is 59.9 Å². The van der Waals surface area contributed by atoms with Crippen LogP contribution in [-0.4, -0.2) is 10.9 Å². The highest BCUT2D eigenvalue weighted by Crippen LogP contribution is 2.29. The highest BCUT2D eigenvalue weighted by atomic mass is 32.1. The van der Waals surface area contributed by atoms with E-state index in [2.05, 4.69) is 10.3 Å². The number of anilines is 1. The van der Waals surface area contributed by atoms with E-state index in [1.807, 2.05) is 30.3 Å². The van der Waals surface area contributed by atoms with Crippen molar-refractivity contribution >= 4 is 22.4 Å². The van der Waals surface area contributed by atoms with Crippen molar-refractivity contribution in [1.82, 2.24) is 10.3 Å². The fourth-order valence-corrected chi connectivity index (χ4v) is 2.95. The third-order valence-electron chi connectivity index (χ3n) is 3.29. The van der Waals surface area contributed by atoms with Gasteiger partial charge in [-0.15, -0.1) is 0 Å². The molecule has 3 rings (SSSR count). The van der Waals surface area contributed by atoms with Gasteiger partial charge in [-0.3, -0.25) is 4.79 Å². The first kappa shape index (κ1) is 15.2. The molecule has 0 aliphatic carbocycles. The Balaban J connectivity index is 1.82. The van der Waals surface area contributed by atoms with Gasteiger partial charge < -0.3 is 11.1 Å². The Morgan fingerprint density at radius 3 is 2.57 bits per heavy atom. The number of nitrogens with two attached hydrogens (primary N) is 1. The van der Waals surface area contributed by atoms with Crippen LogP contribution < -0.4 is 11.1 Å². The molecule has 3 aromatic rings. The molecule has 0 aliphatic heterocycles. The van der Waals surface area contributed by atoms with Gasteiger partial charge in [0.25, 0.3) is 5.91 Å². The van der Waals surface area contributed by atoms with Gasteiger partial charge in [-0.25, -0.2) is 9.37 Å². The summed E-state index contributed by atoms with van der Waals surface area (Å²) in [5.41, 5.74) is 7.54. The number of carbonyl (C=O) groups excluding carboxylic acids is 1. The van der Waals surface area contributed by atoms with Crippen LogP contribution >= 0.6 is 11.3 Å². The molecule has 0 atom stereocenters. The van der Waals surface area contributed by atoms with Gasteiger partial charge in [0.2, 0.25) is 0 Å². The molecule has 0 unspecified atom stereocenters. The molecule has 23 heavy (non-hydrogen) atoms. The van der Waals surface area contributed by atoms with Gasteiger partial charge in [0.15, 0.2) is 5.13 Å². The summed E-state index contributed by atoms with van der Waals surface area (Å²) in [5.74, 6) is -0.666. The summed E-state index contributed by atoms with van der Waals surface area (Å²) in [6, 6.07) is 15.7. The second kappa shape index (κ2) is 6.58. The molecular formula is C17H14FN3OS. The Kier molecular flexibility index (Phi) is 4.34. The minimum Gasteiger partial charge on any atom is -0.375 e. The average molecular weight is 327 g/mol. The fourth-order valence-electron chi connectivity index (χ4n) is 2.18. The number of carbonyl (C=O) groups is 1. The maximum Gasteiger partial charge on any atom is 0.264 e. The van der Waals surface area contributed by atoms with E-state index in [0.717, 1.165) is 16.9 Å². The van der Waals surface area contributed by atoms with Crippen LogP contribution in [0, 0.1) is 5.82 Å². The van der Waals surface area contributed by atoms with E-state index < -0.39 is 0 Å². The summed E-state index contributed by atoms with van der Waals surface area (Å²) in [4.78, 5) is 17.1. The number of nitrogen functional groups attached to an aromatic ring is 1. The van der Waals surface area contributed by atoms with Crippen LogP contribution in [0.1, 0.15) is 15.2 Å². The molecule has 0 saturated heterocycles. The van der Waals surface area contributed by atoms with Crippen LogP contribution in [-0.2, 0) is 6.54 Å². The zero-order valence-electron chi connectivity index (χ0n) is 12.1. The molecule has 4 nitrogen and oxygen atoms in total. The average Bonchev–Trinajstić information content (AvgIpc) is 2.97. The molecular weight excluding hydrogens is 313 g/mol. The lowest BCUT2D eigenvalue weighted by Gasteiger charge is -2.06. The second-order valence-electron chi connectivity index (χ2n) is 4.87. The van der Waals surface area contributed by atoms with Gasteiger partial charge in [0.05, 0.1) is 5.69 Å². The van der Waals surface area contributed by atoms with E-state index in [9.17, 15) is 9.18 Å². The molecule has 6 heteroatoms. The number of aromatic nitrogens is 1. The zero-order chi connectivity index (χ0) is 16.2. The standard InChI is InChI=1S/C17H14FN3OS/c18-13-9-5-4-8-12(13)10-20-16(22)15-14(21-17(19)23-15)11-6-2-1-3-7-11/h1-9H,10H2,(H2,19,21)(H,20,22). The van der Waals surface area contributed by atoms with E-state index in [0.29, 0.717) is 21.3 Å². The highest BCUT2D eigenvalue weighted by molar-refractivity contribution is 7.17. The van der Waals surface area contributed by atoms with Gasteiger partial charge >= 0.3 is 0 Å². The van der Waals surface area contributed by atoms with Crippen molar-refractivity contribution in [2.24, 2.45) is 0 Å². The maximum absolute atomic E-state index is 13.6. The smallest absolute Gasteiger partial charge is 0.264 e. The van der Waals surface area contributed by atoms with Crippen molar-refractivity contribution in [3.63, 3.8) is 0 Å². The maximum atomic E-state index is 13.6. The van der Waals surface area contributed by atoms with E-state index in [1.165, 1.54) is 6.07 Å². The Morgan fingerprint density at radius 2 is 1.83 bits per heavy atom. The topological polar surface area (TPSA) is 68.0 Å². The van der Waals surface area contributed by atoms with Crippen LogP contribution in [0.2, 0.25) is 0 Å². The third kappa shape index (κ3) is 3.37. The number of nitrogens with zero attached hydrogens (tertiary/aromatic N) is 1. The number of hydrogen-bond acceptors (Lipinski definition) is 4. The minimum absolute atomic E-state index is 0.109. The summed E-state index contributed by atoms with van der Waals surface area (Å²) in [6.45, 7) is 0.109. The molecule has 1 aromatic heterocycles. The highest BCUT2D eigenvalue weighted by Gasteiger charge is 2.18. The van der Waals surface area contributed by atoms with Gasteiger partial charge in [0.1, 0.15) is 10.7 Å². The summed E-state index contributed by atoms with van der Waals surface area (Å²) < 4.78 is 13.6. The number of rotatable bonds is 4. The number of benzene rings is 2. The van der Waals surface area contributed by atoms with E-state index in [4.69, 9.17) is 5.73 Å². The quantitative estimate of drug-likeness (QED) is 0.771. The van der Waals surface area contributed by atoms with Crippen molar-refractivity contribution in [2.45, 2.75) is 6.54 Å². The van der Waals surface area contributed by atoms with E-state index >= 15 is 0 Å². The normalized spacial score (nSPS) is 10.5. The second-order valence-corrected chi connectivity index (χ2v) is 5.90. The van der Waals surface area contributed by atoms with E-state index in [1.54, 1.807) is 18.2 Å². The Morgan fingerprint density at radius 1 is 1.13 bits per heavy atom. The molecule has 3 N–H and O–H groups in total. The number of halogens is 1. The lowest BCUT2D eigenvalue weighted by atomic mass is 10.1. The van der Waals surface area contributed by atoms with Crippen LogP contribution in [0.4, 0.5) is 9.52 Å². The van der Waals surface area contributed by atoms with Crippen molar-refractivity contribution in [3.05, 3.63) is 70.9 Å².